The highest BCUT2D eigenvalue weighted by atomic mass is 32.2. The van der Waals surface area contributed by atoms with Crippen LogP contribution in [-0.4, -0.2) is 31.6 Å². The van der Waals surface area contributed by atoms with Gasteiger partial charge in [-0.3, -0.25) is 4.79 Å². The molecule has 10 heteroatoms. The molecule has 0 bridgehead atoms. The van der Waals surface area contributed by atoms with Crippen molar-refractivity contribution in [3.63, 3.8) is 0 Å². The third kappa shape index (κ3) is 4.24. The van der Waals surface area contributed by atoms with E-state index in [9.17, 15) is 13.2 Å². The van der Waals surface area contributed by atoms with Crippen LogP contribution in [0.1, 0.15) is 25.5 Å². The monoisotopic (exact) mass is 356 g/mol. The van der Waals surface area contributed by atoms with Crippen LogP contribution in [0.4, 0.5) is 5.13 Å². The first-order valence-electron chi connectivity index (χ1n) is 6.60. The number of carbonyl (C=O) groups is 1. The van der Waals surface area contributed by atoms with Crippen molar-refractivity contribution in [2.24, 2.45) is 0 Å². The number of methoxy groups -OCH3 is 1. The maximum absolute atomic E-state index is 12.4. The van der Waals surface area contributed by atoms with E-state index < -0.39 is 16.1 Å². The highest BCUT2D eigenvalue weighted by Crippen LogP contribution is 2.27. The Morgan fingerprint density at radius 3 is 2.65 bits per heavy atom. The predicted molar refractivity (Wildman–Crippen MR) is 85.9 cm³/mol. The van der Waals surface area contributed by atoms with Gasteiger partial charge < -0.3 is 10.1 Å². The van der Waals surface area contributed by atoms with Gasteiger partial charge in [-0.15, -0.1) is 10.2 Å². The fraction of sp³-hybridized carbons (Fsp3) is 0.308. The molecule has 23 heavy (non-hydrogen) atoms. The second kappa shape index (κ2) is 7.02. The minimum Gasteiger partial charge on any atom is -0.496 e. The topological polar surface area (TPSA) is 110 Å². The molecule has 0 radical (unpaired) electrons. The highest BCUT2D eigenvalue weighted by molar-refractivity contribution is 7.91. The van der Waals surface area contributed by atoms with Crippen molar-refractivity contribution in [2.75, 3.05) is 12.4 Å². The summed E-state index contributed by atoms with van der Waals surface area (Å²) in [6, 6.07) is 6.59. The molecule has 1 amide bonds. The number of aromatic nitrogens is 2. The van der Waals surface area contributed by atoms with Gasteiger partial charge in [0.2, 0.25) is 15.4 Å². The Balaban J connectivity index is 2.20. The Hall–Kier alpha value is -2.04. The molecule has 0 aliphatic carbocycles. The number of ether oxygens (including phenoxy) is 1. The largest absolute Gasteiger partial charge is 0.496 e. The number of hydrogen-bond donors (Lipinski definition) is 2. The van der Waals surface area contributed by atoms with Crippen LogP contribution in [0.15, 0.2) is 28.6 Å². The third-order valence-electron chi connectivity index (χ3n) is 2.86. The lowest BCUT2D eigenvalue weighted by atomic mass is 10.1. The SMILES string of the molecule is COc1ccccc1C(C)NS(=O)(=O)c1nnc(NC(C)=O)s1. The van der Waals surface area contributed by atoms with Crippen LogP contribution >= 0.6 is 11.3 Å². The Kier molecular flexibility index (Phi) is 5.29. The summed E-state index contributed by atoms with van der Waals surface area (Å²) in [5.74, 6) is 0.236. The lowest BCUT2D eigenvalue weighted by molar-refractivity contribution is -0.114. The molecule has 124 valence electrons. The molecule has 2 aromatic rings. The molecule has 8 nitrogen and oxygen atoms in total. The quantitative estimate of drug-likeness (QED) is 0.760. The van der Waals surface area contributed by atoms with Crippen molar-refractivity contribution in [1.82, 2.24) is 14.9 Å². The molecule has 2 N–H and O–H groups in total. The lowest BCUT2D eigenvalue weighted by Crippen LogP contribution is -2.27. The summed E-state index contributed by atoms with van der Waals surface area (Å²) in [6.07, 6.45) is 0. The number of rotatable bonds is 6. The second-order valence-electron chi connectivity index (χ2n) is 4.64. The number of nitrogens with zero attached hydrogens (tertiary/aromatic N) is 2. The molecule has 1 aromatic carbocycles. The van der Waals surface area contributed by atoms with Crippen LogP contribution < -0.4 is 14.8 Å². The number of benzene rings is 1. The fourth-order valence-corrected chi connectivity index (χ4v) is 4.08. The molecule has 1 aromatic heterocycles. The minimum absolute atomic E-state index is 0.128. The van der Waals surface area contributed by atoms with Crippen LogP contribution in [0.25, 0.3) is 0 Å². The first-order chi connectivity index (χ1) is 10.8. The first-order valence-corrected chi connectivity index (χ1v) is 8.90. The molecule has 0 saturated heterocycles. The Bertz CT molecular complexity index is 804. The van der Waals surface area contributed by atoms with Crippen molar-refractivity contribution in [2.45, 2.75) is 24.2 Å². The van der Waals surface area contributed by atoms with Crippen molar-refractivity contribution in [1.29, 1.82) is 0 Å². The zero-order valence-corrected chi connectivity index (χ0v) is 14.4. The van der Waals surface area contributed by atoms with Gasteiger partial charge >= 0.3 is 0 Å². The third-order valence-corrected chi connectivity index (χ3v) is 5.60. The van der Waals surface area contributed by atoms with Crippen LogP contribution in [0, 0.1) is 0 Å². The number of anilines is 1. The van der Waals surface area contributed by atoms with E-state index in [1.165, 1.54) is 14.0 Å². The summed E-state index contributed by atoms with van der Waals surface area (Å²) in [6.45, 7) is 3.00. The van der Waals surface area contributed by atoms with E-state index in [1.807, 2.05) is 0 Å². The summed E-state index contributed by atoms with van der Waals surface area (Å²) >= 11 is 0.779. The number of amides is 1. The Labute approximate surface area is 137 Å². The maximum Gasteiger partial charge on any atom is 0.270 e. The second-order valence-corrected chi connectivity index (χ2v) is 7.50. The summed E-state index contributed by atoms with van der Waals surface area (Å²) in [5, 5.41) is 9.75. The zero-order valence-electron chi connectivity index (χ0n) is 12.7. The molecule has 0 aliphatic rings. The first kappa shape index (κ1) is 17.3. The van der Waals surface area contributed by atoms with Gasteiger partial charge in [0.1, 0.15) is 5.75 Å². The summed E-state index contributed by atoms with van der Waals surface area (Å²) in [5.41, 5.74) is 0.699. The molecular weight excluding hydrogens is 340 g/mol. The Morgan fingerprint density at radius 1 is 1.30 bits per heavy atom. The predicted octanol–water partition coefficient (Wildman–Crippen LogP) is 1.54. The van der Waals surface area contributed by atoms with E-state index in [0.717, 1.165) is 11.3 Å². The molecule has 0 saturated carbocycles. The zero-order chi connectivity index (χ0) is 17.0. The van der Waals surface area contributed by atoms with E-state index in [0.29, 0.717) is 11.3 Å². The average Bonchev–Trinajstić information content (AvgIpc) is 2.95. The Morgan fingerprint density at radius 2 is 2.00 bits per heavy atom. The molecule has 1 unspecified atom stereocenters. The van der Waals surface area contributed by atoms with Gasteiger partial charge in [0, 0.05) is 18.5 Å². The molecule has 0 fully saturated rings. The normalized spacial score (nSPS) is 12.7. The number of para-hydroxylation sites is 1. The van der Waals surface area contributed by atoms with Gasteiger partial charge in [0.25, 0.3) is 10.0 Å². The number of hydrogen-bond acceptors (Lipinski definition) is 7. The standard InChI is InChI=1S/C13H16N4O4S2/c1-8(10-6-4-5-7-11(10)21-3)17-23(19,20)13-16-15-12(22-13)14-9(2)18/h4-8,17H,1-3H3,(H,14,15,18). The van der Waals surface area contributed by atoms with E-state index in [1.54, 1.807) is 31.2 Å². The van der Waals surface area contributed by atoms with Crippen molar-refractivity contribution in [3.8, 4) is 5.75 Å². The van der Waals surface area contributed by atoms with E-state index in [-0.39, 0.29) is 15.4 Å². The van der Waals surface area contributed by atoms with Crippen LogP contribution in [-0.2, 0) is 14.8 Å². The van der Waals surface area contributed by atoms with Crippen LogP contribution in [0.2, 0.25) is 0 Å². The van der Waals surface area contributed by atoms with Gasteiger partial charge in [0.15, 0.2) is 0 Å². The summed E-state index contributed by atoms with van der Waals surface area (Å²) < 4.78 is 32.2. The summed E-state index contributed by atoms with van der Waals surface area (Å²) in [7, 11) is -2.34. The van der Waals surface area contributed by atoms with E-state index in [4.69, 9.17) is 4.74 Å². The lowest BCUT2D eigenvalue weighted by Gasteiger charge is -2.16. The van der Waals surface area contributed by atoms with Crippen molar-refractivity contribution in [3.05, 3.63) is 29.8 Å². The van der Waals surface area contributed by atoms with Gasteiger partial charge in [-0.1, -0.05) is 29.5 Å². The number of sulfonamides is 1. The van der Waals surface area contributed by atoms with E-state index in [2.05, 4.69) is 20.2 Å². The van der Waals surface area contributed by atoms with E-state index >= 15 is 0 Å². The minimum atomic E-state index is -3.86. The average molecular weight is 356 g/mol. The van der Waals surface area contributed by atoms with Crippen LogP contribution in [0.3, 0.4) is 0 Å². The molecular formula is C13H16N4O4S2. The number of carbonyl (C=O) groups excluding carboxylic acids is 1. The molecule has 2 rings (SSSR count). The number of nitrogens with one attached hydrogen (secondary N) is 2. The van der Waals surface area contributed by atoms with Gasteiger partial charge in [-0.05, 0) is 13.0 Å². The van der Waals surface area contributed by atoms with Gasteiger partial charge in [-0.2, -0.15) is 0 Å². The van der Waals surface area contributed by atoms with Gasteiger partial charge in [0.05, 0.1) is 7.11 Å². The molecule has 0 spiro atoms. The molecule has 0 aliphatic heterocycles. The van der Waals surface area contributed by atoms with Crippen LogP contribution in [0.5, 0.6) is 5.75 Å². The molecule has 1 atom stereocenters. The smallest absolute Gasteiger partial charge is 0.270 e. The van der Waals surface area contributed by atoms with Crippen molar-refractivity contribution >= 4 is 32.4 Å². The highest BCUT2D eigenvalue weighted by Gasteiger charge is 2.24. The maximum atomic E-state index is 12.4. The summed E-state index contributed by atoms with van der Waals surface area (Å²) in [4.78, 5) is 11.0. The van der Waals surface area contributed by atoms with Crippen molar-refractivity contribution < 1.29 is 17.9 Å². The van der Waals surface area contributed by atoms with Gasteiger partial charge in [-0.25, -0.2) is 13.1 Å². The molecule has 1 heterocycles. The fourth-order valence-electron chi connectivity index (χ4n) is 1.89.